The van der Waals surface area contributed by atoms with Crippen molar-refractivity contribution < 1.29 is 24.2 Å². The summed E-state index contributed by atoms with van der Waals surface area (Å²) in [6, 6.07) is 16.1. The van der Waals surface area contributed by atoms with Crippen LogP contribution in [-0.2, 0) is 22.4 Å². The van der Waals surface area contributed by atoms with Gasteiger partial charge in [0.2, 0.25) is 5.91 Å². The molecule has 6 heteroatoms. The molecule has 1 amide bonds. The molecule has 29 heavy (non-hydrogen) atoms. The minimum Gasteiger partial charge on any atom is -0.490 e. The molecule has 0 bridgehead atoms. The Morgan fingerprint density at radius 3 is 2.45 bits per heavy atom. The molecule has 0 fully saturated rings. The van der Waals surface area contributed by atoms with E-state index in [1.54, 1.807) is 0 Å². The van der Waals surface area contributed by atoms with E-state index in [1.165, 1.54) is 5.56 Å². The highest BCUT2D eigenvalue weighted by Crippen LogP contribution is 2.29. The fourth-order valence-electron chi connectivity index (χ4n) is 2.85. The summed E-state index contributed by atoms with van der Waals surface area (Å²) < 4.78 is 11.6. The van der Waals surface area contributed by atoms with Gasteiger partial charge in [0.15, 0.2) is 11.5 Å². The Bertz CT molecular complexity index is 776. The number of rotatable bonds is 13. The predicted molar refractivity (Wildman–Crippen MR) is 111 cm³/mol. The zero-order chi connectivity index (χ0) is 20.9. The summed E-state index contributed by atoms with van der Waals surface area (Å²) in [5.41, 5.74) is 2.31. The fraction of sp³-hybridized carbons (Fsp3) is 0.391. The first kappa shape index (κ1) is 22.3. The minimum atomic E-state index is -0.971. The number of carboxylic acid groups (broad SMARTS) is 1. The van der Waals surface area contributed by atoms with Gasteiger partial charge in [-0.05, 0) is 49.4 Å². The smallest absolute Gasteiger partial charge is 0.303 e. The van der Waals surface area contributed by atoms with Gasteiger partial charge >= 0.3 is 5.97 Å². The summed E-state index contributed by atoms with van der Waals surface area (Å²) in [5, 5.41) is 11.3. The molecule has 0 aliphatic carbocycles. The molecule has 156 valence electrons. The summed E-state index contributed by atoms with van der Waals surface area (Å²) in [6.45, 7) is 3.51. The number of carbonyl (C=O) groups excluding carboxylic acids is 1. The topological polar surface area (TPSA) is 84.9 Å². The highest BCUT2D eigenvalue weighted by Gasteiger charge is 2.08. The monoisotopic (exact) mass is 399 g/mol. The number of hydrogen-bond acceptors (Lipinski definition) is 4. The summed E-state index contributed by atoms with van der Waals surface area (Å²) in [6.07, 6.45) is 2.35. The van der Waals surface area contributed by atoms with Gasteiger partial charge < -0.3 is 19.9 Å². The van der Waals surface area contributed by atoms with Crippen LogP contribution in [-0.4, -0.2) is 36.7 Å². The number of carboxylic acids is 1. The molecule has 6 nitrogen and oxygen atoms in total. The van der Waals surface area contributed by atoms with Crippen molar-refractivity contribution in [2.24, 2.45) is 0 Å². The van der Waals surface area contributed by atoms with Gasteiger partial charge in [-0.1, -0.05) is 36.4 Å². The number of amides is 1. The number of carbonyl (C=O) groups is 2. The van der Waals surface area contributed by atoms with Crippen molar-refractivity contribution >= 4 is 11.9 Å². The van der Waals surface area contributed by atoms with E-state index in [1.807, 2.05) is 43.3 Å². The van der Waals surface area contributed by atoms with Crippen LogP contribution in [0.2, 0.25) is 0 Å². The van der Waals surface area contributed by atoms with Crippen molar-refractivity contribution in [1.82, 2.24) is 5.32 Å². The molecule has 0 saturated carbocycles. The minimum absolute atomic E-state index is 0.00467. The second-order valence-electron chi connectivity index (χ2n) is 6.65. The summed E-state index contributed by atoms with van der Waals surface area (Å²) in [5.74, 6) is 0.188. The summed E-state index contributed by atoms with van der Waals surface area (Å²) >= 11 is 0. The molecular formula is C23H29NO5. The highest BCUT2D eigenvalue weighted by atomic mass is 16.5. The molecule has 0 saturated heterocycles. The van der Waals surface area contributed by atoms with E-state index < -0.39 is 5.97 Å². The largest absolute Gasteiger partial charge is 0.490 e. The van der Waals surface area contributed by atoms with Gasteiger partial charge in [0.1, 0.15) is 0 Å². The maximum absolute atomic E-state index is 11.6. The molecule has 0 atom stereocenters. The molecule has 2 aromatic carbocycles. The standard InChI is InChI=1S/C23H29NO5/c1-2-28-21-17-19(14-15-24-22(25)12-13-23(26)27)10-11-20(21)29-16-6-9-18-7-4-3-5-8-18/h3-5,7-8,10-11,17H,2,6,9,12-16H2,1H3,(H,24,25)(H,26,27). The van der Waals surface area contributed by atoms with Gasteiger partial charge in [0.25, 0.3) is 0 Å². The molecule has 2 N–H and O–H groups in total. The number of benzene rings is 2. The zero-order valence-corrected chi connectivity index (χ0v) is 16.9. The van der Waals surface area contributed by atoms with E-state index in [0.717, 1.165) is 18.4 Å². The van der Waals surface area contributed by atoms with Gasteiger partial charge in [-0.3, -0.25) is 9.59 Å². The van der Waals surface area contributed by atoms with Crippen LogP contribution in [0.1, 0.15) is 37.3 Å². The van der Waals surface area contributed by atoms with E-state index in [2.05, 4.69) is 17.4 Å². The maximum Gasteiger partial charge on any atom is 0.303 e. The Balaban J connectivity index is 1.80. The van der Waals surface area contributed by atoms with E-state index in [4.69, 9.17) is 14.6 Å². The number of aryl methyl sites for hydroxylation is 1. The molecule has 0 aromatic heterocycles. The second kappa shape index (κ2) is 12.4. The quantitative estimate of drug-likeness (QED) is 0.503. The summed E-state index contributed by atoms with van der Waals surface area (Å²) in [4.78, 5) is 22.1. The van der Waals surface area contributed by atoms with Crippen molar-refractivity contribution in [2.45, 2.75) is 39.0 Å². The van der Waals surface area contributed by atoms with Crippen LogP contribution in [0.25, 0.3) is 0 Å². The SMILES string of the molecule is CCOc1cc(CCNC(=O)CCC(=O)O)ccc1OCCCc1ccccc1. The lowest BCUT2D eigenvalue weighted by atomic mass is 10.1. The van der Waals surface area contributed by atoms with Crippen LogP contribution in [0.15, 0.2) is 48.5 Å². The first-order valence-corrected chi connectivity index (χ1v) is 9.99. The summed E-state index contributed by atoms with van der Waals surface area (Å²) in [7, 11) is 0. The average Bonchev–Trinajstić information content (AvgIpc) is 2.72. The molecule has 2 aromatic rings. The lowest BCUT2D eigenvalue weighted by molar-refractivity contribution is -0.138. The third-order valence-corrected chi connectivity index (χ3v) is 4.32. The lowest BCUT2D eigenvalue weighted by Crippen LogP contribution is -2.26. The van der Waals surface area contributed by atoms with Crippen LogP contribution in [0.4, 0.5) is 0 Å². The van der Waals surface area contributed by atoms with Crippen molar-refractivity contribution in [3.05, 3.63) is 59.7 Å². The molecule has 0 spiro atoms. The molecule has 0 aliphatic heterocycles. The van der Waals surface area contributed by atoms with Crippen LogP contribution in [0.5, 0.6) is 11.5 Å². The first-order chi connectivity index (χ1) is 14.1. The normalized spacial score (nSPS) is 10.4. The van der Waals surface area contributed by atoms with E-state index in [0.29, 0.717) is 37.7 Å². The average molecular weight is 399 g/mol. The zero-order valence-electron chi connectivity index (χ0n) is 16.9. The van der Waals surface area contributed by atoms with Crippen LogP contribution in [0.3, 0.4) is 0 Å². The van der Waals surface area contributed by atoms with Gasteiger partial charge in [-0.25, -0.2) is 0 Å². The number of nitrogens with one attached hydrogen (secondary N) is 1. The van der Waals surface area contributed by atoms with Crippen molar-refractivity contribution in [3.63, 3.8) is 0 Å². The maximum atomic E-state index is 11.6. The van der Waals surface area contributed by atoms with Gasteiger partial charge in [-0.2, -0.15) is 0 Å². The second-order valence-corrected chi connectivity index (χ2v) is 6.65. The Kier molecular flexibility index (Phi) is 9.55. The number of hydrogen-bond donors (Lipinski definition) is 2. The Morgan fingerprint density at radius 2 is 1.72 bits per heavy atom. The molecular weight excluding hydrogens is 370 g/mol. The number of aliphatic carboxylic acids is 1. The Morgan fingerprint density at radius 1 is 0.931 bits per heavy atom. The molecule has 2 rings (SSSR count). The Labute approximate surface area is 171 Å². The number of ether oxygens (including phenoxy) is 2. The highest BCUT2D eigenvalue weighted by molar-refractivity contribution is 5.80. The van der Waals surface area contributed by atoms with Crippen molar-refractivity contribution in [1.29, 1.82) is 0 Å². The van der Waals surface area contributed by atoms with Crippen LogP contribution >= 0.6 is 0 Å². The fourth-order valence-corrected chi connectivity index (χ4v) is 2.85. The van der Waals surface area contributed by atoms with Gasteiger partial charge in [0, 0.05) is 13.0 Å². The third-order valence-electron chi connectivity index (χ3n) is 4.32. The van der Waals surface area contributed by atoms with Crippen molar-refractivity contribution in [3.8, 4) is 11.5 Å². The first-order valence-electron chi connectivity index (χ1n) is 9.99. The van der Waals surface area contributed by atoms with E-state index in [9.17, 15) is 9.59 Å². The van der Waals surface area contributed by atoms with E-state index in [-0.39, 0.29) is 18.7 Å². The van der Waals surface area contributed by atoms with Crippen LogP contribution < -0.4 is 14.8 Å². The Hall–Kier alpha value is -3.02. The molecule has 0 radical (unpaired) electrons. The van der Waals surface area contributed by atoms with Gasteiger partial charge in [-0.15, -0.1) is 0 Å². The van der Waals surface area contributed by atoms with E-state index >= 15 is 0 Å². The predicted octanol–water partition coefficient (Wildman–Crippen LogP) is 3.62. The third kappa shape index (κ3) is 8.68. The molecule has 0 unspecified atom stereocenters. The van der Waals surface area contributed by atoms with Crippen LogP contribution in [0, 0.1) is 0 Å². The molecule has 0 aliphatic rings. The molecule has 0 heterocycles. The van der Waals surface area contributed by atoms with Gasteiger partial charge in [0.05, 0.1) is 19.6 Å². The lowest BCUT2D eigenvalue weighted by Gasteiger charge is -2.14. The van der Waals surface area contributed by atoms with Crippen molar-refractivity contribution in [2.75, 3.05) is 19.8 Å².